The second-order valence-electron chi connectivity index (χ2n) is 7.44. The number of hydrogen-bond donors (Lipinski definition) is 1. The summed E-state index contributed by atoms with van der Waals surface area (Å²) in [5, 5.41) is 6.09. The molecule has 8 heteroatoms. The van der Waals surface area contributed by atoms with Gasteiger partial charge in [-0.2, -0.15) is 0 Å². The lowest BCUT2D eigenvalue weighted by molar-refractivity contribution is 0.0963. The van der Waals surface area contributed by atoms with E-state index in [1.54, 1.807) is 17.5 Å². The first-order valence-electron chi connectivity index (χ1n) is 10.2. The number of anilines is 2. The molecule has 1 N–H and O–H groups in total. The lowest BCUT2D eigenvalue weighted by atomic mass is 9.86. The van der Waals surface area contributed by atoms with Crippen LogP contribution < -0.4 is 10.1 Å². The van der Waals surface area contributed by atoms with Crippen LogP contribution in [0.15, 0.2) is 41.9 Å². The van der Waals surface area contributed by atoms with Gasteiger partial charge in [0.15, 0.2) is 5.78 Å². The maximum Gasteiger partial charge on any atom is 0.230 e. The summed E-state index contributed by atoms with van der Waals surface area (Å²) in [5.74, 6) is 1.74. The Morgan fingerprint density at radius 3 is 2.84 bits per heavy atom. The highest BCUT2D eigenvalue weighted by atomic mass is 32.1. The van der Waals surface area contributed by atoms with Gasteiger partial charge in [0.2, 0.25) is 11.9 Å². The highest BCUT2D eigenvalue weighted by Gasteiger charge is 2.28. The molecular weight excluding hydrogens is 410 g/mol. The SMILES string of the molecule is CCOc1cccc2c(C)nc(Nc3ncc4c(n3)C[C@@H](c3cccs3)CC4=O)nc12. The van der Waals surface area contributed by atoms with Gasteiger partial charge in [-0.15, -0.1) is 11.3 Å². The Kier molecular flexibility index (Phi) is 5.07. The summed E-state index contributed by atoms with van der Waals surface area (Å²) in [6, 6.07) is 9.90. The standard InChI is InChI=1S/C23H21N5O2S/c1-3-30-19-7-4-6-15-13(2)25-23(27-21(15)19)28-22-24-12-16-17(26-22)10-14(11-18(16)29)20-8-5-9-31-20/h4-9,12,14H,3,10-11H2,1-2H3,(H,24,25,26,27,28)/t14-/m1/s1. The van der Waals surface area contributed by atoms with Crippen LogP contribution in [0.5, 0.6) is 5.75 Å². The van der Waals surface area contributed by atoms with Gasteiger partial charge in [-0.1, -0.05) is 18.2 Å². The molecule has 0 saturated carbocycles. The minimum Gasteiger partial charge on any atom is -0.492 e. The predicted molar refractivity (Wildman–Crippen MR) is 120 cm³/mol. The number of nitrogens with one attached hydrogen (secondary N) is 1. The van der Waals surface area contributed by atoms with Crippen LogP contribution in [0.4, 0.5) is 11.9 Å². The van der Waals surface area contributed by atoms with Gasteiger partial charge < -0.3 is 4.74 Å². The minimum absolute atomic E-state index is 0.0883. The van der Waals surface area contributed by atoms with Crippen molar-refractivity contribution in [2.45, 2.75) is 32.6 Å². The van der Waals surface area contributed by atoms with E-state index in [2.05, 4.69) is 31.3 Å². The molecule has 7 nitrogen and oxygen atoms in total. The number of ketones is 1. The molecule has 3 heterocycles. The molecule has 1 aliphatic rings. The third-order valence-corrected chi connectivity index (χ3v) is 6.42. The van der Waals surface area contributed by atoms with Crippen LogP contribution in [0.2, 0.25) is 0 Å². The Labute approximate surface area is 183 Å². The van der Waals surface area contributed by atoms with Crippen molar-refractivity contribution >= 4 is 39.9 Å². The van der Waals surface area contributed by atoms with Crippen molar-refractivity contribution in [2.24, 2.45) is 0 Å². The number of hydrogen-bond acceptors (Lipinski definition) is 8. The Bertz CT molecular complexity index is 1270. The van der Waals surface area contributed by atoms with E-state index in [1.807, 2.05) is 43.5 Å². The van der Waals surface area contributed by atoms with Crippen LogP contribution in [-0.4, -0.2) is 32.3 Å². The Morgan fingerprint density at radius 2 is 2.03 bits per heavy atom. The van der Waals surface area contributed by atoms with E-state index < -0.39 is 0 Å². The zero-order chi connectivity index (χ0) is 21.4. The molecule has 1 aromatic carbocycles. The third-order valence-electron chi connectivity index (χ3n) is 5.39. The maximum absolute atomic E-state index is 12.6. The number of Topliss-reactive ketones (excluding diaryl/α,β-unsaturated/α-hetero) is 1. The number of aromatic nitrogens is 4. The summed E-state index contributed by atoms with van der Waals surface area (Å²) in [6.45, 7) is 4.43. The number of rotatable bonds is 5. The van der Waals surface area contributed by atoms with Crippen molar-refractivity contribution in [3.63, 3.8) is 0 Å². The smallest absolute Gasteiger partial charge is 0.230 e. The summed E-state index contributed by atoms with van der Waals surface area (Å²) in [5.41, 5.74) is 2.94. The summed E-state index contributed by atoms with van der Waals surface area (Å²) in [4.78, 5) is 32.0. The van der Waals surface area contributed by atoms with Crippen LogP contribution in [0, 0.1) is 6.92 Å². The number of carbonyl (C=O) groups excluding carboxylic acids is 1. The lowest BCUT2D eigenvalue weighted by Crippen LogP contribution is -2.20. The van der Waals surface area contributed by atoms with E-state index in [0.29, 0.717) is 42.7 Å². The number of nitrogens with zero attached hydrogens (tertiary/aromatic N) is 4. The van der Waals surface area contributed by atoms with Crippen molar-refractivity contribution in [1.29, 1.82) is 0 Å². The van der Waals surface area contributed by atoms with E-state index in [0.717, 1.165) is 22.3 Å². The van der Waals surface area contributed by atoms with Crippen molar-refractivity contribution in [1.82, 2.24) is 19.9 Å². The van der Waals surface area contributed by atoms with Gasteiger partial charge in [-0.05, 0) is 37.8 Å². The Balaban J connectivity index is 1.47. The van der Waals surface area contributed by atoms with Crippen molar-refractivity contribution < 1.29 is 9.53 Å². The number of para-hydroxylation sites is 1. The van der Waals surface area contributed by atoms with Gasteiger partial charge in [0.1, 0.15) is 11.3 Å². The molecule has 0 saturated heterocycles. The molecule has 0 amide bonds. The quantitative estimate of drug-likeness (QED) is 0.483. The summed E-state index contributed by atoms with van der Waals surface area (Å²) in [7, 11) is 0. The maximum atomic E-state index is 12.6. The molecule has 3 aromatic heterocycles. The molecule has 1 aliphatic carbocycles. The second-order valence-corrected chi connectivity index (χ2v) is 8.42. The first-order chi connectivity index (χ1) is 15.1. The van der Waals surface area contributed by atoms with Gasteiger partial charge >= 0.3 is 0 Å². The van der Waals surface area contributed by atoms with Crippen LogP contribution in [-0.2, 0) is 6.42 Å². The van der Waals surface area contributed by atoms with E-state index in [-0.39, 0.29) is 11.7 Å². The van der Waals surface area contributed by atoms with Crippen LogP contribution in [0.3, 0.4) is 0 Å². The molecule has 0 unspecified atom stereocenters. The average molecular weight is 432 g/mol. The van der Waals surface area contributed by atoms with Crippen LogP contribution >= 0.6 is 11.3 Å². The second kappa shape index (κ2) is 8.03. The molecule has 0 fully saturated rings. The average Bonchev–Trinajstić information content (AvgIpc) is 3.29. The number of thiophene rings is 1. The van der Waals surface area contributed by atoms with Crippen LogP contribution in [0.25, 0.3) is 10.9 Å². The molecule has 0 radical (unpaired) electrons. The molecule has 156 valence electrons. The monoisotopic (exact) mass is 431 g/mol. The largest absolute Gasteiger partial charge is 0.492 e. The van der Waals surface area contributed by atoms with Gasteiger partial charge in [-0.3, -0.25) is 10.1 Å². The molecule has 0 spiro atoms. The van der Waals surface area contributed by atoms with E-state index in [4.69, 9.17) is 4.74 Å². The van der Waals surface area contributed by atoms with E-state index in [1.165, 1.54) is 4.88 Å². The normalized spacial score (nSPS) is 15.7. The van der Waals surface area contributed by atoms with Crippen LogP contribution in [0.1, 0.15) is 45.9 Å². The topological polar surface area (TPSA) is 89.9 Å². The molecule has 5 rings (SSSR count). The molecular formula is C23H21N5O2S. The number of ether oxygens (including phenoxy) is 1. The predicted octanol–water partition coefficient (Wildman–Crippen LogP) is 4.84. The minimum atomic E-state index is 0.0883. The fraction of sp³-hybridized carbons (Fsp3) is 0.261. The van der Waals surface area contributed by atoms with Gasteiger partial charge in [0.25, 0.3) is 0 Å². The molecule has 0 bridgehead atoms. The zero-order valence-corrected chi connectivity index (χ0v) is 18.1. The number of aryl methyl sites for hydroxylation is 1. The molecule has 4 aromatic rings. The Hall–Kier alpha value is -3.39. The van der Waals surface area contributed by atoms with E-state index in [9.17, 15) is 4.79 Å². The highest BCUT2D eigenvalue weighted by molar-refractivity contribution is 7.10. The third kappa shape index (κ3) is 3.74. The zero-order valence-electron chi connectivity index (χ0n) is 17.3. The van der Waals surface area contributed by atoms with Crippen molar-refractivity contribution in [2.75, 3.05) is 11.9 Å². The fourth-order valence-electron chi connectivity index (χ4n) is 3.94. The van der Waals surface area contributed by atoms with Crippen molar-refractivity contribution in [3.8, 4) is 5.75 Å². The fourth-order valence-corrected chi connectivity index (χ4v) is 4.77. The number of benzene rings is 1. The van der Waals surface area contributed by atoms with Gasteiger partial charge in [0, 0.05) is 28.8 Å². The first-order valence-corrected chi connectivity index (χ1v) is 11.1. The van der Waals surface area contributed by atoms with E-state index >= 15 is 0 Å². The highest BCUT2D eigenvalue weighted by Crippen LogP contribution is 2.34. The number of carbonyl (C=O) groups is 1. The molecule has 31 heavy (non-hydrogen) atoms. The summed E-state index contributed by atoms with van der Waals surface area (Å²) < 4.78 is 5.73. The Morgan fingerprint density at radius 1 is 1.13 bits per heavy atom. The first kappa shape index (κ1) is 19.6. The van der Waals surface area contributed by atoms with Crippen molar-refractivity contribution in [3.05, 3.63) is 63.7 Å². The lowest BCUT2D eigenvalue weighted by Gasteiger charge is -2.22. The molecule has 1 atom stereocenters. The molecule has 0 aliphatic heterocycles. The summed E-state index contributed by atoms with van der Waals surface area (Å²) >= 11 is 1.68. The number of fused-ring (bicyclic) bond motifs is 2. The van der Waals surface area contributed by atoms with Gasteiger partial charge in [0.05, 0.1) is 23.6 Å². The van der Waals surface area contributed by atoms with Gasteiger partial charge in [-0.25, -0.2) is 19.9 Å². The summed E-state index contributed by atoms with van der Waals surface area (Å²) in [6.07, 6.45) is 2.82.